The second-order valence-corrected chi connectivity index (χ2v) is 4.97. The van der Waals surface area contributed by atoms with Crippen LogP contribution in [0.1, 0.15) is 27.7 Å². The molecule has 0 spiro atoms. The lowest BCUT2D eigenvalue weighted by Crippen LogP contribution is -2.24. The van der Waals surface area contributed by atoms with Gasteiger partial charge < -0.3 is 9.73 Å². The molecule has 0 saturated heterocycles. The zero-order valence-electron chi connectivity index (χ0n) is 10.5. The summed E-state index contributed by atoms with van der Waals surface area (Å²) in [6, 6.07) is 4.27. The van der Waals surface area contributed by atoms with Crippen LogP contribution in [0.2, 0.25) is 0 Å². The van der Waals surface area contributed by atoms with Gasteiger partial charge in [0.15, 0.2) is 0 Å². The normalized spacial score (nSPS) is 10.5. The number of hydrogen-bond acceptors (Lipinski definition) is 3. The third-order valence-electron chi connectivity index (χ3n) is 2.65. The Bertz CT molecular complexity index is 606. The average molecular weight is 327 g/mol. The van der Waals surface area contributed by atoms with Gasteiger partial charge in [0, 0.05) is 4.47 Å². The summed E-state index contributed by atoms with van der Waals surface area (Å²) in [4.78, 5) is 15.9. The maximum Gasteiger partial charge on any atom is 0.254 e. The minimum absolute atomic E-state index is 0.0109. The zero-order valence-corrected chi connectivity index (χ0v) is 12.0. The minimum atomic E-state index is -0.577. The van der Waals surface area contributed by atoms with Crippen LogP contribution in [0.3, 0.4) is 0 Å². The van der Waals surface area contributed by atoms with Crippen LogP contribution >= 0.6 is 15.9 Å². The summed E-state index contributed by atoms with van der Waals surface area (Å²) in [5, 5.41) is 2.57. The summed E-state index contributed by atoms with van der Waals surface area (Å²) in [6.45, 7) is 3.74. The highest BCUT2D eigenvalue weighted by atomic mass is 79.9. The van der Waals surface area contributed by atoms with Gasteiger partial charge in [-0.2, -0.15) is 0 Å². The first-order valence-electron chi connectivity index (χ1n) is 5.63. The Morgan fingerprint density at radius 3 is 2.79 bits per heavy atom. The Labute approximate surface area is 118 Å². The quantitative estimate of drug-likeness (QED) is 0.942. The Kier molecular flexibility index (Phi) is 3.99. The van der Waals surface area contributed by atoms with E-state index in [9.17, 15) is 9.18 Å². The van der Waals surface area contributed by atoms with Crippen molar-refractivity contribution in [3.05, 3.63) is 51.4 Å². The number of aryl methyl sites for hydroxylation is 2. The van der Waals surface area contributed by atoms with Crippen molar-refractivity contribution in [2.75, 3.05) is 0 Å². The van der Waals surface area contributed by atoms with E-state index in [1.54, 1.807) is 13.0 Å². The van der Waals surface area contributed by atoms with Crippen molar-refractivity contribution in [2.24, 2.45) is 0 Å². The van der Waals surface area contributed by atoms with Crippen molar-refractivity contribution in [1.82, 2.24) is 10.3 Å². The van der Waals surface area contributed by atoms with E-state index in [1.807, 2.05) is 6.92 Å². The highest BCUT2D eigenvalue weighted by molar-refractivity contribution is 9.10. The standard InChI is InChI=1S/C13H12BrFN2O2/c1-7-8(2)19-12(17-7)6-16-13(18)10-4-3-9(14)5-11(10)15/h3-5H,6H2,1-2H3,(H,16,18). The number of carbonyl (C=O) groups excluding carboxylic acids is 1. The fourth-order valence-electron chi connectivity index (χ4n) is 1.54. The number of carbonyl (C=O) groups is 1. The van der Waals surface area contributed by atoms with Crippen molar-refractivity contribution in [3.8, 4) is 0 Å². The maximum absolute atomic E-state index is 13.6. The number of nitrogens with zero attached hydrogens (tertiary/aromatic N) is 1. The van der Waals surface area contributed by atoms with Gasteiger partial charge in [-0.15, -0.1) is 0 Å². The number of rotatable bonds is 3. The smallest absolute Gasteiger partial charge is 0.254 e. The van der Waals surface area contributed by atoms with Crippen LogP contribution < -0.4 is 5.32 Å². The summed E-state index contributed by atoms with van der Waals surface area (Å²) < 4.78 is 19.5. The molecule has 19 heavy (non-hydrogen) atoms. The zero-order chi connectivity index (χ0) is 14.0. The monoisotopic (exact) mass is 326 g/mol. The third-order valence-corrected chi connectivity index (χ3v) is 3.14. The molecule has 4 nitrogen and oxygen atoms in total. The highest BCUT2D eigenvalue weighted by Crippen LogP contribution is 2.15. The fourth-order valence-corrected chi connectivity index (χ4v) is 1.87. The molecule has 0 bridgehead atoms. The molecule has 1 N–H and O–H groups in total. The fraction of sp³-hybridized carbons (Fsp3) is 0.231. The number of benzene rings is 1. The molecule has 0 aliphatic rings. The molecule has 0 unspecified atom stereocenters. The summed E-state index contributed by atoms with van der Waals surface area (Å²) >= 11 is 3.14. The second kappa shape index (κ2) is 5.52. The van der Waals surface area contributed by atoms with Gasteiger partial charge in [0.1, 0.15) is 11.6 Å². The molecule has 1 heterocycles. The van der Waals surface area contributed by atoms with Gasteiger partial charge in [-0.1, -0.05) is 15.9 Å². The summed E-state index contributed by atoms with van der Waals surface area (Å²) in [7, 11) is 0. The van der Waals surface area contributed by atoms with Crippen LogP contribution in [0.15, 0.2) is 27.1 Å². The molecular weight excluding hydrogens is 315 g/mol. The molecule has 0 saturated carbocycles. The van der Waals surface area contributed by atoms with Crippen LogP contribution in [-0.2, 0) is 6.54 Å². The van der Waals surface area contributed by atoms with E-state index in [0.717, 1.165) is 5.69 Å². The SMILES string of the molecule is Cc1nc(CNC(=O)c2ccc(Br)cc2F)oc1C. The van der Waals surface area contributed by atoms with Crippen LogP contribution in [0.5, 0.6) is 0 Å². The number of amides is 1. The van der Waals surface area contributed by atoms with Crippen LogP contribution in [0.4, 0.5) is 4.39 Å². The van der Waals surface area contributed by atoms with Crippen molar-refractivity contribution in [2.45, 2.75) is 20.4 Å². The molecule has 0 radical (unpaired) electrons. The molecule has 2 rings (SSSR count). The molecule has 100 valence electrons. The number of aromatic nitrogens is 1. The van der Waals surface area contributed by atoms with Gasteiger partial charge in [-0.3, -0.25) is 4.79 Å². The number of halogens is 2. The molecule has 0 aliphatic heterocycles. The molecule has 6 heteroatoms. The molecule has 0 fully saturated rings. The number of nitrogens with one attached hydrogen (secondary N) is 1. The van der Waals surface area contributed by atoms with E-state index in [2.05, 4.69) is 26.2 Å². The number of oxazole rings is 1. The molecule has 2 aromatic rings. The van der Waals surface area contributed by atoms with Crippen LogP contribution in [0.25, 0.3) is 0 Å². The van der Waals surface area contributed by atoms with Crippen molar-refractivity contribution in [1.29, 1.82) is 0 Å². The van der Waals surface area contributed by atoms with Gasteiger partial charge in [-0.25, -0.2) is 9.37 Å². The second-order valence-electron chi connectivity index (χ2n) is 4.06. The lowest BCUT2D eigenvalue weighted by atomic mass is 10.2. The summed E-state index contributed by atoms with van der Waals surface area (Å²) in [5.74, 6) is 0.0325. The van der Waals surface area contributed by atoms with E-state index in [4.69, 9.17) is 4.42 Å². The van der Waals surface area contributed by atoms with Gasteiger partial charge in [0.2, 0.25) is 5.89 Å². The Balaban J connectivity index is 2.05. The van der Waals surface area contributed by atoms with Crippen molar-refractivity contribution >= 4 is 21.8 Å². The highest BCUT2D eigenvalue weighted by Gasteiger charge is 2.13. The first kappa shape index (κ1) is 13.7. The predicted octanol–water partition coefficient (Wildman–Crippen LogP) is 3.12. The van der Waals surface area contributed by atoms with Crippen molar-refractivity contribution < 1.29 is 13.6 Å². The Hall–Kier alpha value is -1.69. The molecule has 0 atom stereocenters. The van der Waals surface area contributed by atoms with Gasteiger partial charge >= 0.3 is 0 Å². The Morgan fingerprint density at radius 1 is 1.47 bits per heavy atom. The van der Waals surface area contributed by atoms with Gasteiger partial charge in [0.25, 0.3) is 5.91 Å². The Morgan fingerprint density at radius 2 is 2.21 bits per heavy atom. The summed E-state index contributed by atoms with van der Waals surface area (Å²) in [5.41, 5.74) is 0.766. The largest absolute Gasteiger partial charge is 0.444 e. The van der Waals surface area contributed by atoms with E-state index >= 15 is 0 Å². The van der Waals surface area contributed by atoms with E-state index in [1.165, 1.54) is 12.1 Å². The van der Waals surface area contributed by atoms with Crippen LogP contribution in [0, 0.1) is 19.7 Å². The van der Waals surface area contributed by atoms with Crippen molar-refractivity contribution in [3.63, 3.8) is 0 Å². The number of hydrogen-bond donors (Lipinski definition) is 1. The first-order chi connectivity index (χ1) is 8.97. The lowest BCUT2D eigenvalue weighted by Gasteiger charge is -2.04. The molecular formula is C13H12BrFN2O2. The predicted molar refractivity (Wildman–Crippen MR) is 71.2 cm³/mol. The first-order valence-corrected chi connectivity index (χ1v) is 6.43. The maximum atomic E-state index is 13.6. The lowest BCUT2D eigenvalue weighted by molar-refractivity contribution is 0.0943. The van der Waals surface area contributed by atoms with Gasteiger partial charge in [-0.05, 0) is 32.0 Å². The van der Waals surface area contributed by atoms with E-state index in [0.29, 0.717) is 16.1 Å². The summed E-state index contributed by atoms with van der Waals surface area (Å²) in [6.07, 6.45) is 0. The van der Waals surface area contributed by atoms with Gasteiger partial charge in [0.05, 0.1) is 17.8 Å². The van der Waals surface area contributed by atoms with Crippen LogP contribution in [-0.4, -0.2) is 10.9 Å². The minimum Gasteiger partial charge on any atom is -0.444 e. The third kappa shape index (κ3) is 3.20. The topological polar surface area (TPSA) is 55.1 Å². The molecule has 1 aromatic carbocycles. The molecule has 0 aliphatic carbocycles. The average Bonchev–Trinajstić information content (AvgIpc) is 2.66. The van der Waals surface area contributed by atoms with E-state index in [-0.39, 0.29) is 12.1 Å². The molecule has 1 amide bonds. The van der Waals surface area contributed by atoms with E-state index < -0.39 is 11.7 Å². The molecule has 1 aromatic heterocycles.